The van der Waals surface area contributed by atoms with Crippen molar-refractivity contribution in [3.8, 4) is 11.8 Å². The average molecular weight is 792 g/mol. The van der Waals surface area contributed by atoms with E-state index in [4.69, 9.17) is 5.11 Å². The quantitative estimate of drug-likeness (QED) is 0.0455. The van der Waals surface area contributed by atoms with Crippen LogP contribution >= 0.6 is 0 Å². The van der Waals surface area contributed by atoms with E-state index >= 15 is 0 Å². The zero-order chi connectivity index (χ0) is 37.7. The third-order valence-electron chi connectivity index (χ3n) is 7.39. The van der Waals surface area contributed by atoms with Crippen LogP contribution in [0.3, 0.4) is 0 Å². The van der Waals surface area contributed by atoms with Gasteiger partial charge in [0.25, 0.3) is 10.1 Å². The van der Waals surface area contributed by atoms with Crippen molar-refractivity contribution < 1.29 is 44.9 Å². The predicted molar refractivity (Wildman–Crippen MR) is 191 cm³/mol. The van der Waals surface area contributed by atoms with Gasteiger partial charge in [-0.15, -0.1) is 20.4 Å². The second-order valence-corrected chi connectivity index (χ2v) is 15.7. The Balaban J connectivity index is 1.59. The number of anilines is 2. The number of pyridine rings is 1. The van der Waals surface area contributed by atoms with Crippen molar-refractivity contribution in [1.82, 2.24) is 20.0 Å². The van der Waals surface area contributed by atoms with Crippen LogP contribution in [0.2, 0.25) is 0 Å². The van der Waals surface area contributed by atoms with Crippen molar-refractivity contribution in [2.75, 3.05) is 48.4 Å². The second kappa shape index (κ2) is 16.4. The van der Waals surface area contributed by atoms with Crippen LogP contribution in [0.4, 0.5) is 23.0 Å². The van der Waals surface area contributed by atoms with E-state index in [1.165, 1.54) is 30.3 Å². The van der Waals surface area contributed by atoms with Gasteiger partial charge in [0.1, 0.15) is 39.2 Å². The molecule has 19 nitrogen and oxygen atoms in total. The number of azo groups is 1. The number of aromatic nitrogens is 4. The molecule has 0 aliphatic heterocycles. The Kier molecular flexibility index (Phi) is 12.1. The number of nitrogens with one attached hydrogen (secondary N) is 2. The van der Waals surface area contributed by atoms with Gasteiger partial charge in [-0.3, -0.25) is 8.76 Å². The van der Waals surface area contributed by atoms with E-state index in [0.717, 1.165) is 16.9 Å². The number of rotatable bonds is 15. The number of aliphatic hydroxyl groups excluding tert-OH is 2. The van der Waals surface area contributed by atoms with E-state index in [0.29, 0.717) is 0 Å². The Bertz CT molecular complexity index is 2450. The molecule has 0 fully saturated rings. The summed E-state index contributed by atoms with van der Waals surface area (Å²) in [5, 5.41) is 51.5. The van der Waals surface area contributed by atoms with E-state index < -0.39 is 48.0 Å². The molecule has 23 heteroatoms. The van der Waals surface area contributed by atoms with Crippen LogP contribution in [0.15, 0.2) is 67.4 Å². The van der Waals surface area contributed by atoms with E-state index in [-0.39, 0.29) is 109 Å². The van der Waals surface area contributed by atoms with Crippen molar-refractivity contribution in [2.45, 2.75) is 21.6 Å². The molecule has 7 N–H and O–H groups in total. The molecule has 0 amide bonds. The largest absolute Gasteiger partial charge is 0.395 e. The van der Waals surface area contributed by atoms with Gasteiger partial charge in [-0.05, 0) is 43.3 Å². The summed E-state index contributed by atoms with van der Waals surface area (Å²) in [7, 11) is -6.31. The zero-order valence-corrected chi connectivity index (χ0v) is 30.1. The summed E-state index contributed by atoms with van der Waals surface area (Å²) < 4.78 is 90.8. The van der Waals surface area contributed by atoms with E-state index in [1.807, 2.05) is 6.07 Å². The zero-order valence-electron chi connectivity index (χ0n) is 26.8. The summed E-state index contributed by atoms with van der Waals surface area (Å²) >= 11 is -5.02. The van der Waals surface area contributed by atoms with Gasteiger partial charge in [-0.1, -0.05) is 6.07 Å². The van der Waals surface area contributed by atoms with Crippen LogP contribution in [0.1, 0.15) is 11.1 Å². The molecule has 3 atom stereocenters. The lowest BCUT2D eigenvalue weighted by atomic mass is 10.1. The second-order valence-electron chi connectivity index (χ2n) is 10.7. The highest BCUT2D eigenvalue weighted by molar-refractivity contribution is 7.86. The first-order valence-corrected chi connectivity index (χ1v) is 20.0. The van der Waals surface area contributed by atoms with Crippen molar-refractivity contribution in [3.05, 3.63) is 53.6 Å². The standard InChI is InChI=1S/C29H29N9O10S4/c1-16-21(15-30)28(31-6-8-39)33-29(32-7-10-49(41)11-9-40)26(16)35-34-22-4-2-17(12-25(22)52(46,47)48)38-36-23-5-3-19-20(27(23)37-38)13-18(50(42)43)14-24(19)51(44)45/h2-5,12-14,39-40H,6-11H2,1H3,(H,42,43)(H,44,45)(H2,31,32,33)(H,46,47,48). The minimum Gasteiger partial charge on any atom is -0.395 e. The third kappa shape index (κ3) is 8.36. The molecule has 0 spiro atoms. The van der Waals surface area contributed by atoms with Gasteiger partial charge in [-0.25, -0.2) is 13.4 Å². The Labute approximate surface area is 302 Å². The summed E-state index contributed by atoms with van der Waals surface area (Å²) in [4.78, 5) is 4.43. The molecule has 3 aromatic carbocycles. The monoisotopic (exact) mass is 791 g/mol. The molecule has 0 aliphatic carbocycles. The molecular formula is C29H29N9O10S4. The minimum absolute atomic E-state index is 0.0163. The number of hydrogen-bond donors (Lipinski definition) is 7. The Morgan fingerprint density at radius 1 is 0.904 bits per heavy atom. The average Bonchev–Trinajstić information content (AvgIpc) is 3.54. The SMILES string of the molecule is Cc1c(C#N)c(NCCO)nc(NCCS(=O)CCO)c1N=Nc1ccc(-n2nc3ccc4c(S(=O)O)cc(S(=O)O)cc4c3n2)cc1S(=O)(=O)O. The van der Waals surface area contributed by atoms with E-state index in [2.05, 4.69) is 36.0 Å². The molecule has 0 saturated heterocycles. The van der Waals surface area contributed by atoms with Crippen molar-refractivity contribution in [1.29, 1.82) is 5.26 Å². The fourth-order valence-corrected chi connectivity index (χ4v) is 7.49. The topological polar surface area (TPSA) is 303 Å². The Morgan fingerprint density at radius 3 is 2.31 bits per heavy atom. The summed E-state index contributed by atoms with van der Waals surface area (Å²) in [6.07, 6.45) is 0. The molecule has 2 aromatic heterocycles. The fraction of sp³-hybridized carbons (Fsp3) is 0.241. The molecule has 3 unspecified atom stereocenters. The molecule has 0 aliphatic rings. The van der Waals surface area contributed by atoms with Crippen molar-refractivity contribution in [2.24, 2.45) is 10.2 Å². The number of nitrogens with zero attached hydrogens (tertiary/aromatic N) is 7. The lowest BCUT2D eigenvalue weighted by Gasteiger charge is -2.15. The molecule has 5 rings (SSSR count). The van der Waals surface area contributed by atoms with Crippen LogP contribution in [0.5, 0.6) is 0 Å². The van der Waals surface area contributed by atoms with Gasteiger partial charge in [0.05, 0.1) is 34.3 Å². The molecule has 0 saturated carbocycles. The van der Waals surface area contributed by atoms with Crippen LogP contribution in [0.25, 0.3) is 27.5 Å². The van der Waals surface area contributed by atoms with Gasteiger partial charge >= 0.3 is 0 Å². The molecule has 2 heterocycles. The molecule has 52 heavy (non-hydrogen) atoms. The normalized spacial score (nSPS) is 13.7. The molecule has 0 bridgehead atoms. The molecule has 0 radical (unpaired) electrons. The van der Waals surface area contributed by atoms with Gasteiger partial charge in [0.2, 0.25) is 0 Å². The Hall–Kier alpha value is -4.64. The van der Waals surface area contributed by atoms with Gasteiger partial charge < -0.3 is 30.0 Å². The maximum Gasteiger partial charge on any atom is 0.296 e. The van der Waals surface area contributed by atoms with Crippen LogP contribution in [-0.2, 0) is 43.1 Å². The third-order valence-corrected chi connectivity index (χ3v) is 10.9. The maximum atomic E-state index is 12.6. The maximum absolute atomic E-state index is 12.6. The fourth-order valence-electron chi connectivity index (χ4n) is 5.00. The molecule has 5 aromatic rings. The first-order valence-electron chi connectivity index (χ1n) is 14.9. The number of nitriles is 1. The highest BCUT2D eigenvalue weighted by Gasteiger charge is 2.22. The molecule has 274 valence electrons. The summed E-state index contributed by atoms with van der Waals surface area (Å²) in [5.74, 6) is 0.380. The number of fused-ring (bicyclic) bond motifs is 3. The highest BCUT2D eigenvalue weighted by atomic mass is 32.2. The van der Waals surface area contributed by atoms with Crippen LogP contribution < -0.4 is 10.6 Å². The lowest BCUT2D eigenvalue weighted by Crippen LogP contribution is -2.16. The van der Waals surface area contributed by atoms with Gasteiger partial charge in [0, 0.05) is 51.7 Å². The van der Waals surface area contributed by atoms with Gasteiger partial charge in [-0.2, -0.15) is 18.5 Å². The summed E-state index contributed by atoms with van der Waals surface area (Å²) in [5.41, 5.74) is 0.450. The van der Waals surface area contributed by atoms with Crippen LogP contribution in [-0.4, -0.2) is 103 Å². The minimum atomic E-state index is -4.96. The molecular weight excluding hydrogens is 763 g/mol. The van der Waals surface area contributed by atoms with E-state index in [9.17, 15) is 45.1 Å². The Morgan fingerprint density at radius 2 is 1.65 bits per heavy atom. The van der Waals surface area contributed by atoms with Crippen LogP contribution in [0, 0.1) is 18.3 Å². The summed E-state index contributed by atoms with van der Waals surface area (Å²) in [6.45, 7) is 1.19. The number of benzene rings is 3. The van der Waals surface area contributed by atoms with Crippen molar-refractivity contribution in [3.63, 3.8) is 0 Å². The summed E-state index contributed by atoms with van der Waals surface area (Å²) in [6, 6.07) is 11.0. The smallest absolute Gasteiger partial charge is 0.296 e. The van der Waals surface area contributed by atoms with Gasteiger partial charge in [0.15, 0.2) is 28.0 Å². The highest BCUT2D eigenvalue weighted by Crippen LogP contribution is 2.36. The first kappa shape index (κ1) is 38.6. The predicted octanol–water partition coefficient (Wildman–Crippen LogP) is 2.53. The number of hydrogen-bond acceptors (Lipinski definition) is 15. The lowest BCUT2D eigenvalue weighted by molar-refractivity contribution is 0.311. The number of aliphatic hydroxyl groups is 2. The van der Waals surface area contributed by atoms with E-state index in [1.54, 1.807) is 6.92 Å². The van der Waals surface area contributed by atoms with Crippen molar-refractivity contribution >= 4 is 87.9 Å². The first-order chi connectivity index (χ1) is 24.8.